The van der Waals surface area contributed by atoms with Crippen LogP contribution >= 0.6 is 0 Å². The molecule has 0 atom stereocenters. The van der Waals surface area contributed by atoms with Gasteiger partial charge in [0.15, 0.2) is 0 Å². The summed E-state index contributed by atoms with van der Waals surface area (Å²) in [4.78, 5) is 14.4. The van der Waals surface area contributed by atoms with Gasteiger partial charge in [-0.15, -0.1) is 0 Å². The molecule has 0 aromatic carbocycles. The summed E-state index contributed by atoms with van der Waals surface area (Å²) in [5.41, 5.74) is 0.678. The van der Waals surface area contributed by atoms with E-state index >= 15 is 0 Å². The van der Waals surface area contributed by atoms with Gasteiger partial charge in [-0.05, 0) is 39.5 Å². The second kappa shape index (κ2) is 6.75. The van der Waals surface area contributed by atoms with Crippen LogP contribution in [0, 0.1) is 5.92 Å². The van der Waals surface area contributed by atoms with E-state index in [0.717, 1.165) is 24.4 Å². The van der Waals surface area contributed by atoms with E-state index in [1.807, 2.05) is 15.6 Å². The van der Waals surface area contributed by atoms with Crippen molar-refractivity contribution in [3.8, 4) is 0 Å². The SMILES string of the molecule is CC(C)(C)c1cc(NC(=O)N2CCC(CO)CC2)n(C(C)(C)C)n1. The zero-order chi connectivity index (χ0) is 18.1. The Morgan fingerprint density at radius 2 is 1.83 bits per heavy atom. The molecule has 24 heavy (non-hydrogen) atoms. The molecule has 0 unspecified atom stereocenters. The van der Waals surface area contributed by atoms with Gasteiger partial charge in [-0.25, -0.2) is 9.48 Å². The maximum absolute atomic E-state index is 12.6. The predicted octanol–water partition coefficient (Wildman–Crippen LogP) is 3.17. The number of piperidine rings is 1. The van der Waals surface area contributed by atoms with E-state index in [9.17, 15) is 9.90 Å². The van der Waals surface area contributed by atoms with Crippen LogP contribution in [0.1, 0.15) is 60.1 Å². The lowest BCUT2D eigenvalue weighted by atomic mass is 9.92. The quantitative estimate of drug-likeness (QED) is 0.871. The number of amides is 2. The Balaban J connectivity index is 2.16. The Kier molecular flexibility index (Phi) is 5.28. The van der Waals surface area contributed by atoms with E-state index in [1.165, 1.54) is 0 Å². The Bertz CT molecular complexity index is 573. The van der Waals surface area contributed by atoms with Crippen molar-refractivity contribution in [2.24, 2.45) is 5.92 Å². The first-order chi connectivity index (χ1) is 11.0. The van der Waals surface area contributed by atoms with Crippen molar-refractivity contribution < 1.29 is 9.90 Å². The minimum absolute atomic E-state index is 0.0740. The van der Waals surface area contributed by atoms with Gasteiger partial charge in [0.05, 0.1) is 11.2 Å². The molecule has 2 N–H and O–H groups in total. The highest BCUT2D eigenvalue weighted by molar-refractivity contribution is 5.88. The van der Waals surface area contributed by atoms with Crippen LogP contribution in [-0.4, -0.2) is 45.5 Å². The number of aromatic nitrogens is 2. The number of carbonyl (C=O) groups excluding carboxylic acids is 1. The van der Waals surface area contributed by atoms with Crippen LogP contribution in [0.5, 0.6) is 0 Å². The number of nitrogens with zero attached hydrogens (tertiary/aromatic N) is 3. The number of hydrogen-bond donors (Lipinski definition) is 2. The fourth-order valence-electron chi connectivity index (χ4n) is 2.86. The molecule has 0 spiro atoms. The number of likely N-dealkylation sites (tertiary alicyclic amines) is 1. The van der Waals surface area contributed by atoms with E-state index in [4.69, 9.17) is 5.10 Å². The highest BCUT2D eigenvalue weighted by atomic mass is 16.3. The topological polar surface area (TPSA) is 70.4 Å². The Hall–Kier alpha value is -1.56. The average molecular weight is 336 g/mol. The first-order valence-electron chi connectivity index (χ1n) is 8.80. The zero-order valence-corrected chi connectivity index (χ0v) is 15.9. The number of anilines is 1. The molecule has 0 radical (unpaired) electrons. The summed E-state index contributed by atoms with van der Waals surface area (Å²) in [7, 11) is 0. The van der Waals surface area contributed by atoms with Crippen molar-refractivity contribution >= 4 is 11.8 Å². The van der Waals surface area contributed by atoms with Gasteiger partial charge in [0.25, 0.3) is 0 Å². The highest BCUT2D eigenvalue weighted by Gasteiger charge is 2.28. The smallest absolute Gasteiger partial charge is 0.322 e. The lowest BCUT2D eigenvalue weighted by molar-refractivity contribution is 0.143. The molecule has 2 amide bonds. The van der Waals surface area contributed by atoms with Crippen molar-refractivity contribution in [3.05, 3.63) is 11.8 Å². The fraction of sp³-hybridized carbons (Fsp3) is 0.778. The first kappa shape index (κ1) is 18.8. The summed E-state index contributed by atoms with van der Waals surface area (Å²) in [6.45, 7) is 14.2. The molecule has 1 aromatic rings. The lowest BCUT2D eigenvalue weighted by Crippen LogP contribution is -2.42. The molecular weight excluding hydrogens is 304 g/mol. The van der Waals surface area contributed by atoms with Crippen LogP contribution in [0.25, 0.3) is 0 Å². The highest BCUT2D eigenvalue weighted by Crippen LogP contribution is 2.28. The van der Waals surface area contributed by atoms with Gasteiger partial charge < -0.3 is 10.0 Å². The Morgan fingerprint density at radius 1 is 1.25 bits per heavy atom. The maximum atomic E-state index is 12.6. The van der Waals surface area contributed by atoms with E-state index in [-0.39, 0.29) is 23.6 Å². The molecule has 2 rings (SSSR count). The minimum Gasteiger partial charge on any atom is -0.396 e. The minimum atomic E-state index is -0.212. The van der Waals surface area contributed by atoms with Crippen LogP contribution in [0.15, 0.2) is 6.07 Å². The van der Waals surface area contributed by atoms with Gasteiger partial charge >= 0.3 is 6.03 Å². The fourth-order valence-corrected chi connectivity index (χ4v) is 2.86. The molecule has 0 bridgehead atoms. The Labute approximate surface area is 145 Å². The van der Waals surface area contributed by atoms with Crippen molar-refractivity contribution in [2.45, 2.75) is 65.3 Å². The van der Waals surface area contributed by atoms with Crippen LogP contribution in [-0.2, 0) is 11.0 Å². The first-order valence-corrected chi connectivity index (χ1v) is 8.80. The third-order valence-electron chi connectivity index (χ3n) is 4.51. The van der Waals surface area contributed by atoms with Crippen molar-refractivity contribution in [1.82, 2.24) is 14.7 Å². The van der Waals surface area contributed by atoms with E-state index in [2.05, 4.69) is 46.9 Å². The molecule has 6 nitrogen and oxygen atoms in total. The molecule has 1 saturated heterocycles. The van der Waals surface area contributed by atoms with Gasteiger partial charge in [0, 0.05) is 31.2 Å². The monoisotopic (exact) mass is 336 g/mol. The average Bonchev–Trinajstić information content (AvgIpc) is 2.91. The summed E-state index contributed by atoms with van der Waals surface area (Å²) in [6, 6.07) is 1.89. The molecule has 136 valence electrons. The standard InChI is InChI=1S/C18H32N4O2/c1-17(2,3)14-11-15(22(20-14)18(4,5)6)19-16(24)21-9-7-13(12-23)8-10-21/h11,13,23H,7-10,12H2,1-6H3,(H,19,24). The molecule has 2 heterocycles. The number of hydrogen-bond acceptors (Lipinski definition) is 3. The van der Waals surface area contributed by atoms with E-state index < -0.39 is 0 Å². The summed E-state index contributed by atoms with van der Waals surface area (Å²) in [5, 5.41) is 17.0. The molecule has 1 fully saturated rings. The van der Waals surface area contributed by atoms with Crippen LogP contribution in [0.3, 0.4) is 0 Å². The number of nitrogens with one attached hydrogen (secondary N) is 1. The maximum Gasteiger partial charge on any atom is 0.322 e. The number of carbonyl (C=O) groups is 1. The van der Waals surface area contributed by atoms with Gasteiger partial charge in [-0.3, -0.25) is 5.32 Å². The second-order valence-corrected chi connectivity index (χ2v) is 8.79. The van der Waals surface area contributed by atoms with E-state index in [0.29, 0.717) is 19.0 Å². The van der Waals surface area contributed by atoms with Crippen LogP contribution in [0.2, 0.25) is 0 Å². The third-order valence-corrected chi connectivity index (χ3v) is 4.51. The van der Waals surface area contributed by atoms with Crippen molar-refractivity contribution in [2.75, 3.05) is 25.0 Å². The molecule has 1 aromatic heterocycles. The van der Waals surface area contributed by atoms with Gasteiger partial charge in [-0.1, -0.05) is 20.8 Å². The van der Waals surface area contributed by atoms with E-state index in [1.54, 1.807) is 0 Å². The normalized spacial score (nSPS) is 17.2. The van der Waals surface area contributed by atoms with Crippen molar-refractivity contribution in [1.29, 1.82) is 0 Å². The number of urea groups is 1. The summed E-state index contributed by atoms with van der Waals surface area (Å²) < 4.78 is 1.89. The number of aliphatic hydroxyl groups is 1. The van der Waals surface area contributed by atoms with Gasteiger partial charge in [-0.2, -0.15) is 5.10 Å². The summed E-state index contributed by atoms with van der Waals surface area (Å²) in [6.07, 6.45) is 1.71. The van der Waals surface area contributed by atoms with Crippen molar-refractivity contribution in [3.63, 3.8) is 0 Å². The molecule has 1 aliphatic rings. The van der Waals surface area contributed by atoms with Crippen LogP contribution in [0.4, 0.5) is 10.6 Å². The van der Waals surface area contributed by atoms with Gasteiger partial charge in [0.2, 0.25) is 0 Å². The molecule has 0 saturated carbocycles. The molecule has 6 heteroatoms. The molecule has 1 aliphatic heterocycles. The van der Waals surface area contributed by atoms with Gasteiger partial charge in [0.1, 0.15) is 5.82 Å². The number of rotatable bonds is 2. The Morgan fingerprint density at radius 3 is 2.29 bits per heavy atom. The summed E-state index contributed by atoms with van der Waals surface area (Å²) >= 11 is 0. The second-order valence-electron chi connectivity index (χ2n) is 8.79. The van der Waals surface area contributed by atoms with Crippen LogP contribution < -0.4 is 5.32 Å². The third kappa shape index (κ3) is 4.29. The predicted molar refractivity (Wildman–Crippen MR) is 96.3 cm³/mol. The summed E-state index contributed by atoms with van der Waals surface area (Å²) in [5.74, 6) is 1.06. The largest absolute Gasteiger partial charge is 0.396 e. The number of aliphatic hydroxyl groups excluding tert-OH is 1. The molecular formula is C18H32N4O2. The lowest BCUT2D eigenvalue weighted by Gasteiger charge is -2.31. The molecule has 0 aliphatic carbocycles. The zero-order valence-electron chi connectivity index (χ0n) is 15.9.